The minimum absolute atomic E-state index is 0.0975. The molecular weight excluding hydrogens is 494 g/mol. The molecular formula is C26H31N5O5S. The zero-order valence-electron chi connectivity index (χ0n) is 20.6. The summed E-state index contributed by atoms with van der Waals surface area (Å²) in [6, 6.07) is 6.74. The first-order valence-corrected chi connectivity index (χ1v) is 14.0. The Bertz CT molecular complexity index is 1250. The molecule has 2 aliphatic heterocycles. The molecule has 2 saturated heterocycles. The number of allylic oxidation sites excluding steroid dienone is 3. The Morgan fingerprint density at radius 1 is 1.11 bits per heavy atom. The van der Waals surface area contributed by atoms with Gasteiger partial charge in [0, 0.05) is 44.6 Å². The van der Waals surface area contributed by atoms with Gasteiger partial charge in [0.15, 0.2) is 6.29 Å². The zero-order valence-corrected chi connectivity index (χ0v) is 21.4. The van der Waals surface area contributed by atoms with Crippen molar-refractivity contribution >= 4 is 28.0 Å². The minimum Gasteiger partial charge on any atom is -0.350 e. The molecule has 1 aromatic heterocycles. The smallest absolute Gasteiger partial charge is 0.278 e. The van der Waals surface area contributed by atoms with Crippen LogP contribution in [0.1, 0.15) is 42.1 Å². The van der Waals surface area contributed by atoms with Crippen LogP contribution in [0.2, 0.25) is 0 Å². The quantitative estimate of drug-likeness (QED) is 0.379. The van der Waals surface area contributed by atoms with Crippen LogP contribution in [0.5, 0.6) is 0 Å². The summed E-state index contributed by atoms with van der Waals surface area (Å²) in [6.07, 6.45) is 12.9. The molecule has 37 heavy (non-hydrogen) atoms. The molecule has 3 fully saturated rings. The lowest BCUT2D eigenvalue weighted by molar-refractivity contribution is -0.186. The fourth-order valence-corrected chi connectivity index (χ4v) is 6.07. The maximum absolute atomic E-state index is 12.9. The number of rotatable bonds is 9. The van der Waals surface area contributed by atoms with Gasteiger partial charge in [0.2, 0.25) is 16.0 Å². The number of hydrogen-bond donors (Lipinski definition) is 2. The van der Waals surface area contributed by atoms with E-state index in [1.165, 1.54) is 12.4 Å². The number of fused-ring (bicyclic) bond motifs is 1. The predicted molar refractivity (Wildman–Crippen MR) is 138 cm³/mol. The topological polar surface area (TPSA) is 123 Å². The van der Waals surface area contributed by atoms with Crippen LogP contribution in [0.3, 0.4) is 0 Å². The average molecular weight is 526 g/mol. The summed E-state index contributed by atoms with van der Waals surface area (Å²) in [5.41, 5.74) is 3.62. The van der Waals surface area contributed by atoms with E-state index in [0.717, 1.165) is 24.8 Å². The molecule has 0 radical (unpaired) electrons. The molecule has 2 N–H and O–H groups in total. The van der Waals surface area contributed by atoms with Gasteiger partial charge in [0.1, 0.15) is 0 Å². The van der Waals surface area contributed by atoms with Crippen LogP contribution >= 0.6 is 0 Å². The highest BCUT2D eigenvalue weighted by atomic mass is 32.2. The second-order valence-electron chi connectivity index (χ2n) is 9.45. The van der Waals surface area contributed by atoms with Gasteiger partial charge in [-0.3, -0.25) is 4.79 Å². The Morgan fingerprint density at radius 2 is 1.84 bits per heavy atom. The molecule has 5 rings (SSSR count). The molecule has 3 unspecified atom stereocenters. The number of anilines is 1. The zero-order chi connectivity index (χ0) is 25.8. The van der Waals surface area contributed by atoms with Crippen molar-refractivity contribution < 1.29 is 22.8 Å². The molecule has 0 spiro atoms. The largest absolute Gasteiger partial charge is 0.350 e. The van der Waals surface area contributed by atoms with E-state index in [9.17, 15) is 13.2 Å². The summed E-state index contributed by atoms with van der Waals surface area (Å²) in [4.78, 5) is 28.5. The maximum Gasteiger partial charge on any atom is 0.278 e. The highest BCUT2D eigenvalue weighted by molar-refractivity contribution is 7.89. The average Bonchev–Trinajstić information content (AvgIpc) is 3.33. The molecule has 1 amide bonds. The van der Waals surface area contributed by atoms with E-state index < -0.39 is 22.2 Å². The van der Waals surface area contributed by atoms with Crippen molar-refractivity contribution in [2.75, 3.05) is 24.6 Å². The lowest BCUT2D eigenvalue weighted by Crippen LogP contribution is -2.35. The second-order valence-corrected chi connectivity index (χ2v) is 11.2. The van der Waals surface area contributed by atoms with Crippen LogP contribution in [-0.2, 0) is 19.6 Å². The van der Waals surface area contributed by atoms with E-state index in [1.807, 2.05) is 36.1 Å². The number of aromatic nitrogens is 2. The van der Waals surface area contributed by atoms with Crippen molar-refractivity contribution in [1.82, 2.24) is 20.2 Å². The van der Waals surface area contributed by atoms with E-state index in [0.29, 0.717) is 25.6 Å². The Hall–Kier alpha value is -3.12. The van der Waals surface area contributed by atoms with Gasteiger partial charge in [-0.05, 0) is 49.3 Å². The van der Waals surface area contributed by atoms with Crippen molar-refractivity contribution in [2.24, 2.45) is 11.8 Å². The first kappa shape index (κ1) is 25.5. The van der Waals surface area contributed by atoms with Crippen molar-refractivity contribution in [3.8, 4) is 0 Å². The third-order valence-corrected chi connectivity index (χ3v) is 8.35. The normalized spacial score (nSPS) is 25.5. The fraction of sp³-hybridized carbons (Fsp3) is 0.423. The number of sulfonamides is 1. The van der Waals surface area contributed by atoms with Crippen LogP contribution < -0.4 is 15.1 Å². The highest BCUT2D eigenvalue weighted by Crippen LogP contribution is 2.46. The van der Waals surface area contributed by atoms with Crippen LogP contribution in [0, 0.1) is 11.8 Å². The first-order valence-electron chi connectivity index (χ1n) is 12.5. The SMILES string of the molecule is C/C=C\C=C/c1ccc(S(=O)(=O)NC2C3CN(c4ncc(C(=O)NOC5CCCCO5)cn4)CC32)cc1. The van der Waals surface area contributed by atoms with Crippen LogP contribution in [0.4, 0.5) is 5.95 Å². The van der Waals surface area contributed by atoms with Gasteiger partial charge in [-0.1, -0.05) is 36.4 Å². The number of nitrogens with zero attached hydrogens (tertiary/aromatic N) is 3. The van der Waals surface area contributed by atoms with Crippen LogP contribution in [0.25, 0.3) is 6.08 Å². The molecule has 1 saturated carbocycles. The minimum atomic E-state index is -3.60. The Labute approximate surface area is 216 Å². The van der Waals surface area contributed by atoms with Gasteiger partial charge in [-0.15, -0.1) is 0 Å². The summed E-state index contributed by atoms with van der Waals surface area (Å²) in [7, 11) is -3.60. The Morgan fingerprint density at radius 3 is 2.49 bits per heavy atom. The van der Waals surface area contributed by atoms with Crippen molar-refractivity contribution in [3.63, 3.8) is 0 Å². The summed E-state index contributed by atoms with van der Waals surface area (Å²) in [5.74, 6) is 0.492. The third-order valence-electron chi connectivity index (χ3n) is 6.87. The van der Waals surface area contributed by atoms with Crippen molar-refractivity contribution in [2.45, 2.75) is 43.4 Å². The Balaban J connectivity index is 1.10. The number of carbonyl (C=O) groups is 1. The number of hydrogen-bond acceptors (Lipinski definition) is 8. The molecule has 196 valence electrons. The lowest BCUT2D eigenvalue weighted by atomic mass is 10.2. The molecule has 1 aliphatic carbocycles. The third kappa shape index (κ3) is 6.07. The molecule has 2 aromatic rings. The monoisotopic (exact) mass is 525 g/mol. The highest BCUT2D eigenvalue weighted by Gasteiger charge is 2.57. The summed E-state index contributed by atoms with van der Waals surface area (Å²) >= 11 is 0. The molecule has 10 nitrogen and oxygen atoms in total. The number of nitrogens with one attached hydrogen (secondary N) is 2. The van der Waals surface area contributed by atoms with Gasteiger partial charge in [-0.2, -0.15) is 0 Å². The lowest BCUT2D eigenvalue weighted by Gasteiger charge is -2.22. The van der Waals surface area contributed by atoms with Gasteiger partial charge >= 0.3 is 0 Å². The van der Waals surface area contributed by atoms with Gasteiger partial charge < -0.3 is 9.64 Å². The van der Waals surface area contributed by atoms with E-state index in [-0.39, 0.29) is 28.3 Å². The van der Waals surface area contributed by atoms with Crippen molar-refractivity contribution in [3.05, 3.63) is 66.0 Å². The number of ether oxygens (including phenoxy) is 1. The molecule has 11 heteroatoms. The summed E-state index contributed by atoms with van der Waals surface area (Å²) in [6.45, 7) is 3.87. The molecule has 3 atom stereocenters. The maximum atomic E-state index is 12.9. The standard InChI is InChI=1S/C26H31N5O5S/c1-2-3-4-7-18-9-11-20(12-10-18)37(33,34)30-24-21-16-31(17-22(21)24)26-27-14-19(15-28-26)25(32)29-36-23-8-5-6-13-35-23/h2-4,7,9-12,14-15,21-24,30H,5-6,8,13,16-17H2,1H3,(H,29,32)/b3-2-,7-4-. The van der Waals surface area contributed by atoms with Crippen LogP contribution in [0.15, 0.2) is 59.8 Å². The van der Waals surface area contributed by atoms with Crippen molar-refractivity contribution in [1.29, 1.82) is 0 Å². The van der Waals surface area contributed by atoms with Gasteiger partial charge in [0.05, 0.1) is 10.5 Å². The molecule has 3 heterocycles. The predicted octanol–water partition coefficient (Wildman–Crippen LogP) is 2.67. The number of amides is 1. The van der Waals surface area contributed by atoms with E-state index in [2.05, 4.69) is 20.2 Å². The van der Waals surface area contributed by atoms with Crippen LogP contribution in [-0.4, -0.2) is 56.3 Å². The number of carbonyl (C=O) groups excluding carboxylic acids is 1. The van der Waals surface area contributed by atoms with Gasteiger partial charge in [-0.25, -0.2) is 33.4 Å². The van der Waals surface area contributed by atoms with E-state index >= 15 is 0 Å². The van der Waals surface area contributed by atoms with Gasteiger partial charge in [0.25, 0.3) is 5.91 Å². The molecule has 3 aliphatic rings. The molecule has 1 aromatic carbocycles. The fourth-order valence-electron chi connectivity index (χ4n) is 4.73. The number of benzene rings is 1. The van der Waals surface area contributed by atoms with E-state index in [4.69, 9.17) is 9.57 Å². The number of piperidine rings is 1. The summed E-state index contributed by atoms with van der Waals surface area (Å²) in [5, 5.41) is 0. The second kappa shape index (κ2) is 11.1. The Kier molecular flexibility index (Phi) is 7.65. The summed E-state index contributed by atoms with van der Waals surface area (Å²) < 4.78 is 34.0. The first-order chi connectivity index (χ1) is 17.9. The molecule has 0 bridgehead atoms. The van der Waals surface area contributed by atoms with E-state index in [1.54, 1.807) is 24.3 Å². The number of hydroxylamine groups is 1.